The Morgan fingerprint density at radius 3 is 2.38 bits per heavy atom. The highest BCUT2D eigenvalue weighted by Crippen LogP contribution is 2.71. The van der Waals surface area contributed by atoms with Crippen LogP contribution in [0, 0.1) is 35.0 Å². The lowest BCUT2D eigenvalue weighted by Crippen LogP contribution is -2.38. The summed E-state index contributed by atoms with van der Waals surface area (Å²) in [6.45, 7) is 9.41. The van der Waals surface area contributed by atoms with Crippen molar-refractivity contribution < 1.29 is 5.11 Å². The molecule has 0 saturated heterocycles. The van der Waals surface area contributed by atoms with Gasteiger partial charge in [0.2, 0.25) is 0 Å². The highest BCUT2D eigenvalue weighted by Gasteiger charge is 2.66. The van der Waals surface area contributed by atoms with Crippen LogP contribution in [0.2, 0.25) is 0 Å². The first-order valence-electron chi connectivity index (χ1n) is 7.08. The molecule has 16 heavy (non-hydrogen) atoms. The third kappa shape index (κ3) is 1.27. The van der Waals surface area contributed by atoms with Crippen LogP contribution in [0.4, 0.5) is 0 Å². The first-order valence-corrected chi connectivity index (χ1v) is 7.08. The largest absolute Gasteiger partial charge is 0.390 e. The number of hydrogen-bond acceptors (Lipinski definition) is 1. The molecule has 92 valence electrons. The zero-order valence-corrected chi connectivity index (χ0v) is 11.2. The van der Waals surface area contributed by atoms with Gasteiger partial charge in [-0.2, -0.15) is 0 Å². The van der Waals surface area contributed by atoms with E-state index in [0.717, 1.165) is 30.1 Å². The predicted octanol–water partition coefficient (Wildman–Crippen LogP) is 3.47. The first kappa shape index (κ1) is 11.1. The molecule has 3 aliphatic rings. The molecule has 0 aromatic carbocycles. The Morgan fingerprint density at radius 2 is 1.69 bits per heavy atom. The van der Waals surface area contributed by atoms with Crippen LogP contribution in [0.3, 0.4) is 0 Å². The van der Waals surface area contributed by atoms with Gasteiger partial charge in [0.15, 0.2) is 0 Å². The molecule has 0 radical (unpaired) electrons. The zero-order chi connectivity index (χ0) is 11.7. The summed E-state index contributed by atoms with van der Waals surface area (Å²) in [7, 11) is 0. The van der Waals surface area contributed by atoms with Crippen molar-refractivity contribution in [2.75, 3.05) is 0 Å². The van der Waals surface area contributed by atoms with Gasteiger partial charge >= 0.3 is 0 Å². The third-order valence-corrected chi connectivity index (χ3v) is 6.37. The molecule has 3 aliphatic carbocycles. The van der Waals surface area contributed by atoms with E-state index in [-0.39, 0.29) is 5.60 Å². The molecular formula is C15H26O. The Balaban J connectivity index is 1.94. The predicted molar refractivity (Wildman–Crippen MR) is 66.0 cm³/mol. The van der Waals surface area contributed by atoms with Crippen molar-refractivity contribution in [2.45, 2.75) is 59.0 Å². The highest BCUT2D eigenvalue weighted by atomic mass is 16.3. The fourth-order valence-electron chi connectivity index (χ4n) is 5.29. The van der Waals surface area contributed by atoms with E-state index in [1.54, 1.807) is 0 Å². The van der Waals surface area contributed by atoms with Crippen LogP contribution in [0.25, 0.3) is 0 Å². The van der Waals surface area contributed by atoms with Gasteiger partial charge in [-0.15, -0.1) is 0 Å². The van der Waals surface area contributed by atoms with Crippen molar-refractivity contribution in [3.05, 3.63) is 0 Å². The molecule has 1 heteroatoms. The van der Waals surface area contributed by atoms with E-state index < -0.39 is 0 Å². The van der Waals surface area contributed by atoms with Crippen molar-refractivity contribution in [3.63, 3.8) is 0 Å². The Bertz CT molecular complexity index is 305. The van der Waals surface area contributed by atoms with Gasteiger partial charge in [0, 0.05) is 0 Å². The molecule has 0 spiro atoms. The number of aliphatic hydroxyl groups is 1. The quantitative estimate of drug-likeness (QED) is 0.665. The fraction of sp³-hybridized carbons (Fsp3) is 1.00. The Hall–Kier alpha value is -0.0400. The molecule has 3 saturated carbocycles. The standard InChI is InChI=1S/C15H26O/c1-9-5-6-10-12(9)13-11(14(13,2)3)7-8-15(10,4)16/h9-13,16H,5-8H2,1-4H3/t9-,10?,11-,12?,13-,15-/m1/s1. The van der Waals surface area contributed by atoms with Gasteiger partial charge < -0.3 is 5.11 Å². The van der Waals surface area contributed by atoms with Gasteiger partial charge in [0.25, 0.3) is 0 Å². The van der Waals surface area contributed by atoms with Gasteiger partial charge in [-0.25, -0.2) is 0 Å². The summed E-state index contributed by atoms with van der Waals surface area (Å²) >= 11 is 0. The zero-order valence-electron chi connectivity index (χ0n) is 11.2. The molecule has 2 unspecified atom stereocenters. The molecule has 3 fully saturated rings. The number of hydrogen-bond donors (Lipinski definition) is 1. The molecule has 0 aromatic rings. The molecule has 1 nitrogen and oxygen atoms in total. The molecule has 0 aliphatic heterocycles. The maximum atomic E-state index is 10.7. The van der Waals surface area contributed by atoms with E-state index in [4.69, 9.17) is 0 Å². The molecular weight excluding hydrogens is 196 g/mol. The summed E-state index contributed by atoms with van der Waals surface area (Å²) in [5, 5.41) is 10.7. The van der Waals surface area contributed by atoms with Crippen LogP contribution in [-0.2, 0) is 0 Å². The Labute approximate surface area is 99.6 Å². The van der Waals surface area contributed by atoms with Crippen LogP contribution in [0.15, 0.2) is 0 Å². The lowest BCUT2D eigenvalue weighted by Gasteiger charge is -2.35. The van der Waals surface area contributed by atoms with Crippen LogP contribution < -0.4 is 0 Å². The molecule has 1 N–H and O–H groups in total. The lowest BCUT2D eigenvalue weighted by atomic mass is 9.74. The minimum absolute atomic E-state index is 0.376. The average Bonchev–Trinajstić information content (AvgIpc) is 2.51. The number of fused-ring (bicyclic) bond motifs is 3. The van der Waals surface area contributed by atoms with Gasteiger partial charge in [0.1, 0.15) is 0 Å². The van der Waals surface area contributed by atoms with E-state index in [2.05, 4.69) is 27.7 Å². The normalized spacial score (nSPS) is 58.7. The maximum absolute atomic E-state index is 10.7. The van der Waals surface area contributed by atoms with Gasteiger partial charge in [-0.1, -0.05) is 27.2 Å². The second-order valence-corrected chi connectivity index (χ2v) is 7.59. The molecule has 0 aromatic heterocycles. The van der Waals surface area contributed by atoms with Crippen LogP contribution >= 0.6 is 0 Å². The second-order valence-electron chi connectivity index (χ2n) is 7.59. The van der Waals surface area contributed by atoms with E-state index in [1.807, 2.05) is 0 Å². The summed E-state index contributed by atoms with van der Waals surface area (Å²) in [4.78, 5) is 0. The van der Waals surface area contributed by atoms with E-state index in [9.17, 15) is 5.11 Å². The average molecular weight is 222 g/mol. The fourth-order valence-corrected chi connectivity index (χ4v) is 5.29. The Morgan fingerprint density at radius 1 is 1.00 bits per heavy atom. The highest BCUT2D eigenvalue weighted by molar-refractivity contribution is 5.14. The van der Waals surface area contributed by atoms with Crippen LogP contribution in [0.1, 0.15) is 53.4 Å². The van der Waals surface area contributed by atoms with Crippen molar-refractivity contribution >= 4 is 0 Å². The molecule has 0 heterocycles. The summed E-state index contributed by atoms with van der Waals surface area (Å²) in [6.07, 6.45) is 4.89. The van der Waals surface area contributed by atoms with Crippen LogP contribution in [0.5, 0.6) is 0 Å². The van der Waals surface area contributed by atoms with Crippen molar-refractivity contribution in [1.29, 1.82) is 0 Å². The van der Waals surface area contributed by atoms with Crippen LogP contribution in [-0.4, -0.2) is 10.7 Å². The minimum Gasteiger partial charge on any atom is -0.390 e. The van der Waals surface area contributed by atoms with E-state index in [1.165, 1.54) is 19.3 Å². The minimum atomic E-state index is -0.376. The summed E-state index contributed by atoms with van der Waals surface area (Å²) in [5.41, 5.74) is 0.191. The Kier molecular flexibility index (Phi) is 2.11. The topological polar surface area (TPSA) is 20.2 Å². The smallest absolute Gasteiger partial charge is 0.0650 e. The van der Waals surface area contributed by atoms with E-state index in [0.29, 0.717) is 11.3 Å². The maximum Gasteiger partial charge on any atom is 0.0650 e. The summed E-state index contributed by atoms with van der Waals surface area (Å²) < 4.78 is 0. The molecule has 6 atom stereocenters. The number of rotatable bonds is 0. The second kappa shape index (κ2) is 3.04. The molecule has 3 rings (SSSR count). The molecule has 0 bridgehead atoms. The van der Waals surface area contributed by atoms with Crippen molar-refractivity contribution in [2.24, 2.45) is 35.0 Å². The van der Waals surface area contributed by atoms with E-state index >= 15 is 0 Å². The van der Waals surface area contributed by atoms with Crippen molar-refractivity contribution in [1.82, 2.24) is 0 Å². The van der Waals surface area contributed by atoms with Crippen molar-refractivity contribution in [3.8, 4) is 0 Å². The van der Waals surface area contributed by atoms with Gasteiger partial charge in [-0.05, 0) is 61.2 Å². The van der Waals surface area contributed by atoms with Gasteiger partial charge in [-0.3, -0.25) is 0 Å². The SMILES string of the molecule is C[C@@H]1CCC2C1[C@H]1[C@@H](CC[C@@]2(C)O)C1(C)C. The summed E-state index contributed by atoms with van der Waals surface area (Å²) in [5.74, 6) is 4.03. The molecule has 0 amide bonds. The summed E-state index contributed by atoms with van der Waals surface area (Å²) in [6, 6.07) is 0. The monoisotopic (exact) mass is 222 g/mol. The third-order valence-electron chi connectivity index (χ3n) is 6.37. The lowest BCUT2D eigenvalue weighted by molar-refractivity contribution is -0.0302. The van der Waals surface area contributed by atoms with Gasteiger partial charge in [0.05, 0.1) is 5.60 Å². The first-order chi connectivity index (χ1) is 7.36.